The van der Waals surface area contributed by atoms with Crippen LogP contribution in [0.5, 0.6) is 0 Å². The molecule has 7 nitrogen and oxygen atoms in total. The van der Waals surface area contributed by atoms with Gasteiger partial charge in [-0.05, 0) is 30.6 Å². The van der Waals surface area contributed by atoms with E-state index < -0.39 is 25.1 Å². The molecule has 1 fully saturated rings. The van der Waals surface area contributed by atoms with E-state index in [0.29, 0.717) is 5.57 Å². The number of nitrogens with one attached hydrogen (secondary N) is 1. The summed E-state index contributed by atoms with van der Waals surface area (Å²) in [6.07, 6.45) is 1.34. The Morgan fingerprint density at radius 1 is 1.14 bits per heavy atom. The van der Waals surface area contributed by atoms with Crippen LogP contribution in [-0.2, 0) is 9.22 Å². The molecule has 0 spiro atoms. The molecule has 0 aromatic carbocycles. The molecule has 1 saturated heterocycles. The summed E-state index contributed by atoms with van der Waals surface area (Å²) in [4.78, 5) is 12.4. The molecule has 1 aliphatic heterocycles. The largest absolute Gasteiger partial charge is 0.413 e. The summed E-state index contributed by atoms with van der Waals surface area (Å²) in [5, 5.41) is 41.3. The minimum absolute atomic E-state index is 0.00293. The van der Waals surface area contributed by atoms with Crippen LogP contribution >= 0.6 is 0 Å². The summed E-state index contributed by atoms with van der Waals surface area (Å²) < 4.78 is 6.40. The number of nitriles is 4. The molecule has 0 aromatic rings. The minimum Gasteiger partial charge on any atom is -0.413 e. The van der Waals surface area contributed by atoms with Crippen LogP contribution in [0, 0.1) is 62.1 Å². The smallest absolute Gasteiger partial charge is 0.228 e. The van der Waals surface area contributed by atoms with E-state index in [0.717, 1.165) is 0 Å². The lowest BCUT2D eigenvalue weighted by atomic mass is 9.57. The van der Waals surface area contributed by atoms with E-state index in [2.05, 4.69) is 39.2 Å². The third kappa shape index (κ3) is 3.44. The normalized spacial score (nSPS) is 26.3. The predicted molar refractivity (Wildman–Crippen MR) is 108 cm³/mol. The zero-order valence-corrected chi connectivity index (χ0v) is 18.8. The van der Waals surface area contributed by atoms with Gasteiger partial charge in [0.2, 0.25) is 5.91 Å². The molecule has 2 aliphatic rings. The Hall–Kier alpha value is -2.65. The Morgan fingerprint density at radius 2 is 1.66 bits per heavy atom. The van der Waals surface area contributed by atoms with Crippen molar-refractivity contribution in [3.63, 3.8) is 0 Å². The van der Waals surface area contributed by atoms with Gasteiger partial charge in [-0.25, -0.2) is 0 Å². The van der Waals surface area contributed by atoms with Crippen LogP contribution in [0.4, 0.5) is 0 Å². The molecule has 0 saturated carbocycles. The minimum atomic E-state index is -2.09. The first kappa shape index (κ1) is 22.6. The van der Waals surface area contributed by atoms with E-state index in [1.165, 1.54) is 0 Å². The lowest BCUT2D eigenvalue weighted by Crippen LogP contribution is -2.65. The van der Waals surface area contributed by atoms with Gasteiger partial charge in [0.1, 0.15) is 0 Å². The number of carbonyl (C=O) groups is 1. The average molecular weight is 410 g/mol. The first-order chi connectivity index (χ1) is 13.3. The van der Waals surface area contributed by atoms with Crippen molar-refractivity contribution in [3.05, 3.63) is 11.6 Å². The van der Waals surface area contributed by atoms with E-state index in [4.69, 9.17) is 4.43 Å². The Kier molecular flexibility index (Phi) is 5.70. The van der Waals surface area contributed by atoms with Crippen molar-refractivity contribution in [2.24, 2.45) is 16.7 Å². The molecule has 152 valence electrons. The molecule has 0 bridgehead atoms. The fraction of sp³-hybridized carbons (Fsp3) is 0.667. The topological polar surface area (TPSA) is 133 Å². The molecule has 0 radical (unpaired) electrons. The molecule has 1 heterocycles. The third-order valence-electron chi connectivity index (χ3n) is 6.78. The number of amides is 1. The summed E-state index contributed by atoms with van der Waals surface area (Å²) in [5.74, 6) is -0.554. The zero-order chi connectivity index (χ0) is 22.3. The van der Waals surface area contributed by atoms with Crippen LogP contribution in [0.3, 0.4) is 0 Å². The van der Waals surface area contributed by atoms with Gasteiger partial charge in [0.15, 0.2) is 19.1 Å². The molecule has 3 atom stereocenters. The van der Waals surface area contributed by atoms with Crippen molar-refractivity contribution in [3.8, 4) is 24.3 Å². The highest BCUT2D eigenvalue weighted by Crippen LogP contribution is 2.51. The number of nitrogens with zero attached hydrogens (tertiary/aromatic N) is 4. The Balaban J connectivity index is 2.32. The van der Waals surface area contributed by atoms with Gasteiger partial charge in [-0.2, -0.15) is 21.0 Å². The highest BCUT2D eigenvalue weighted by molar-refractivity contribution is 6.74. The van der Waals surface area contributed by atoms with Crippen LogP contribution in [-0.4, -0.2) is 26.4 Å². The van der Waals surface area contributed by atoms with Crippen molar-refractivity contribution in [2.45, 2.75) is 70.8 Å². The number of β-lactam (4-membered cyclic amide) rings is 1. The quantitative estimate of drug-likeness (QED) is 0.430. The summed E-state index contributed by atoms with van der Waals surface area (Å²) in [6.45, 7) is 12.5. The first-order valence-corrected chi connectivity index (χ1v) is 12.6. The number of hydrogen-bond acceptors (Lipinski definition) is 6. The van der Waals surface area contributed by atoms with E-state index in [-0.39, 0.29) is 35.9 Å². The lowest BCUT2D eigenvalue weighted by Gasteiger charge is -2.48. The van der Waals surface area contributed by atoms with Crippen molar-refractivity contribution in [1.29, 1.82) is 21.0 Å². The van der Waals surface area contributed by atoms with Crippen LogP contribution in [0.25, 0.3) is 0 Å². The van der Waals surface area contributed by atoms with Gasteiger partial charge < -0.3 is 9.74 Å². The third-order valence-corrected chi connectivity index (χ3v) is 11.4. The van der Waals surface area contributed by atoms with Crippen LogP contribution in [0.15, 0.2) is 11.6 Å². The SMILES string of the molecule is C[C@@H](O[Si](C)(C)C(C)(C)C)[C@H]1C(=O)N[C@@H]1C1=CCC(C#N)(C#N)C(C#N)(C#N)C1. The maximum absolute atomic E-state index is 12.4. The summed E-state index contributed by atoms with van der Waals surface area (Å²) in [5.41, 5.74) is -2.77. The van der Waals surface area contributed by atoms with Gasteiger partial charge in [0, 0.05) is 12.8 Å². The number of rotatable bonds is 4. The number of allylic oxidation sites excluding steroid dienone is 1. The van der Waals surface area contributed by atoms with Crippen LogP contribution in [0.2, 0.25) is 18.1 Å². The number of carbonyl (C=O) groups excluding carboxylic acids is 1. The van der Waals surface area contributed by atoms with E-state index in [9.17, 15) is 25.8 Å². The molecule has 29 heavy (non-hydrogen) atoms. The van der Waals surface area contributed by atoms with Crippen LogP contribution < -0.4 is 5.32 Å². The molecule has 1 amide bonds. The van der Waals surface area contributed by atoms with Gasteiger partial charge in [-0.3, -0.25) is 4.79 Å². The fourth-order valence-corrected chi connectivity index (χ4v) is 5.17. The van der Waals surface area contributed by atoms with Crippen molar-refractivity contribution in [2.75, 3.05) is 0 Å². The molecule has 2 rings (SSSR count). The van der Waals surface area contributed by atoms with Crippen molar-refractivity contribution < 1.29 is 9.22 Å². The summed E-state index contributed by atoms with van der Waals surface area (Å²) >= 11 is 0. The molecule has 8 heteroatoms. The molecule has 1 N–H and O–H groups in total. The molecule has 1 aliphatic carbocycles. The maximum atomic E-state index is 12.4. The highest BCUT2D eigenvalue weighted by Gasteiger charge is 2.59. The van der Waals surface area contributed by atoms with E-state index in [1.54, 1.807) is 6.08 Å². The predicted octanol–water partition coefficient (Wildman–Crippen LogP) is 3.30. The van der Waals surface area contributed by atoms with Gasteiger partial charge in [-0.1, -0.05) is 26.8 Å². The average Bonchev–Trinajstić information content (AvgIpc) is 2.63. The Labute approximate surface area is 173 Å². The summed E-state index contributed by atoms with van der Waals surface area (Å²) in [7, 11) is -2.09. The standard InChI is InChI=1S/C21H27N5O2Si/c1-14(28-29(5,6)19(2,3)4)16-17(26-18(16)27)15-7-8-20(10-22,11-23)21(9-15,12-24)13-25/h7,14,16-17H,8-9H2,1-6H3,(H,26,27)/t14-,16-,17-/m1/s1. The Morgan fingerprint density at radius 3 is 2.07 bits per heavy atom. The van der Waals surface area contributed by atoms with Crippen LogP contribution in [0.1, 0.15) is 40.5 Å². The lowest BCUT2D eigenvalue weighted by molar-refractivity contribution is -0.138. The van der Waals surface area contributed by atoms with Crippen molar-refractivity contribution >= 4 is 14.2 Å². The molecular weight excluding hydrogens is 382 g/mol. The molecule has 0 unspecified atom stereocenters. The monoisotopic (exact) mass is 409 g/mol. The second-order valence-electron chi connectivity index (χ2n) is 9.51. The second kappa shape index (κ2) is 7.31. The van der Waals surface area contributed by atoms with Gasteiger partial charge in [0.05, 0.1) is 42.3 Å². The van der Waals surface area contributed by atoms with E-state index in [1.807, 2.05) is 31.2 Å². The summed E-state index contributed by atoms with van der Waals surface area (Å²) in [6, 6.07) is 7.26. The van der Waals surface area contributed by atoms with E-state index >= 15 is 0 Å². The number of hydrogen-bond donors (Lipinski definition) is 1. The first-order valence-electron chi connectivity index (χ1n) is 9.66. The van der Waals surface area contributed by atoms with Gasteiger partial charge in [-0.15, -0.1) is 0 Å². The van der Waals surface area contributed by atoms with Gasteiger partial charge in [0.25, 0.3) is 0 Å². The Bertz CT molecular complexity index is 876. The molecular formula is C21H27N5O2Si. The molecule has 0 aromatic heterocycles. The van der Waals surface area contributed by atoms with Crippen molar-refractivity contribution in [1.82, 2.24) is 5.32 Å². The zero-order valence-electron chi connectivity index (χ0n) is 17.8. The van der Waals surface area contributed by atoms with Gasteiger partial charge >= 0.3 is 0 Å². The fourth-order valence-electron chi connectivity index (χ4n) is 3.74. The second-order valence-corrected chi connectivity index (χ2v) is 14.3. The highest BCUT2D eigenvalue weighted by atomic mass is 28.4. The maximum Gasteiger partial charge on any atom is 0.228 e.